The number of aromatic nitrogens is 1. The van der Waals surface area contributed by atoms with Crippen LogP contribution in [0, 0.1) is 6.92 Å². The molecule has 1 saturated carbocycles. The number of sulfonamides is 1. The van der Waals surface area contributed by atoms with Gasteiger partial charge in [-0.1, -0.05) is 24.3 Å². The van der Waals surface area contributed by atoms with Crippen molar-refractivity contribution in [1.82, 2.24) is 9.29 Å². The molecule has 0 unspecified atom stereocenters. The van der Waals surface area contributed by atoms with Gasteiger partial charge >= 0.3 is 6.09 Å². The average Bonchev–Trinajstić information content (AvgIpc) is 3.35. The highest BCUT2D eigenvalue weighted by Gasteiger charge is 2.22. The molecule has 9 nitrogen and oxygen atoms in total. The summed E-state index contributed by atoms with van der Waals surface area (Å²) in [5.74, 6) is -1.29. The predicted molar refractivity (Wildman–Crippen MR) is 157 cm³/mol. The van der Waals surface area contributed by atoms with Crippen LogP contribution in [0.1, 0.15) is 69.0 Å². The number of carbonyl (C=O) groups excluding carboxylic acids is 2. The van der Waals surface area contributed by atoms with Crippen molar-refractivity contribution in [3.63, 3.8) is 0 Å². The van der Waals surface area contributed by atoms with Gasteiger partial charge in [0, 0.05) is 52.8 Å². The Kier molecular flexibility index (Phi) is 4.79. The maximum atomic E-state index is 13.1. The number of hydrogen-bond acceptors (Lipinski definition) is 6. The minimum atomic E-state index is -4.29. The molecule has 2 N–H and O–H groups in total. The summed E-state index contributed by atoms with van der Waals surface area (Å²) in [5, 5.41) is 2.73. The van der Waals surface area contributed by atoms with E-state index in [9.17, 15) is 18.0 Å². The second-order valence-electron chi connectivity index (χ2n) is 9.14. The molecule has 214 valence electrons. The third-order valence-corrected chi connectivity index (χ3v) is 7.85. The number of benzene rings is 3. The first-order valence-electron chi connectivity index (χ1n) is 18.2. The monoisotopic (exact) mass is 587 g/mol. The van der Waals surface area contributed by atoms with Gasteiger partial charge in [-0.05, 0) is 85.5 Å². The van der Waals surface area contributed by atoms with E-state index in [1.807, 2.05) is 4.72 Å². The van der Waals surface area contributed by atoms with Crippen molar-refractivity contribution in [2.75, 3.05) is 12.4 Å². The molecule has 4 aromatic rings. The van der Waals surface area contributed by atoms with Gasteiger partial charge in [-0.2, -0.15) is 0 Å². The number of rotatable bonds is 8. The van der Waals surface area contributed by atoms with Crippen LogP contribution in [-0.4, -0.2) is 38.1 Å². The number of carbonyl (C=O) groups is 2. The molecule has 1 aliphatic carbocycles. The van der Waals surface area contributed by atoms with E-state index in [1.165, 1.54) is 36.4 Å². The fourth-order valence-electron chi connectivity index (χ4n) is 4.42. The van der Waals surface area contributed by atoms with E-state index in [1.54, 1.807) is 42.9 Å². The first-order valence-corrected chi connectivity index (χ1v) is 13.7. The zero-order valence-corrected chi connectivity index (χ0v) is 22.7. The van der Waals surface area contributed by atoms with Crippen LogP contribution in [0.2, 0.25) is 0 Å². The van der Waals surface area contributed by atoms with Crippen LogP contribution in [0.3, 0.4) is 0 Å². The van der Waals surface area contributed by atoms with Crippen LogP contribution in [0.25, 0.3) is 10.9 Å². The molecule has 1 fully saturated rings. The number of nitrogens with zero attached hydrogens (tertiary/aromatic N) is 1. The van der Waals surface area contributed by atoms with Crippen LogP contribution >= 0.6 is 0 Å². The van der Waals surface area contributed by atoms with E-state index in [2.05, 4.69) is 5.32 Å². The Hall–Kier alpha value is -4.31. The molecule has 1 aromatic heterocycles. The number of fused-ring (bicyclic) bond motifs is 1. The Morgan fingerprint density at radius 3 is 2.63 bits per heavy atom. The zero-order chi connectivity index (χ0) is 39.7. The number of amides is 2. The normalized spacial score (nSPS) is 24.0. The third-order valence-electron chi connectivity index (χ3n) is 6.36. The van der Waals surface area contributed by atoms with Crippen molar-refractivity contribution in [3.05, 3.63) is 89.1 Å². The van der Waals surface area contributed by atoms with Crippen LogP contribution in [-0.2, 0) is 28.2 Å². The van der Waals surface area contributed by atoms with Gasteiger partial charge in [-0.25, -0.2) is 17.9 Å². The fourth-order valence-corrected chi connectivity index (χ4v) is 5.64. The minimum absolute atomic E-state index is 0.00420. The van der Waals surface area contributed by atoms with Crippen LogP contribution < -0.4 is 14.8 Å². The summed E-state index contributed by atoms with van der Waals surface area (Å²) in [6.45, 7) is 1.56. The topological polar surface area (TPSA) is 116 Å². The number of anilines is 1. The maximum absolute atomic E-state index is 13.1. The summed E-state index contributed by atoms with van der Waals surface area (Å²) < 4.78 is 135. The van der Waals surface area contributed by atoms with Gasteiger partial charge in [-0.15, -0.1) is 0 Å². The molecule has 41 heavy (non-hydrogen) atoms. The van der Waals surface area contributed by atoms with E-state index in [0.29, 0.717) is 22.0 Å². The smallest absolute Gasteiger partial charge is 0.411 e. The number of methoxy groups -OCH3 is 1. The highest BCUT2D eigenvalue weighted by molar-refractivity contribution is 7.90. The second-order valence-corrected chi connectivity index (χ2v) is 10.8. The van der Waals surface area contributed by atoms with Crippen molar-refractivity contribution >= 4 is 38.6 Å². The first kappa shape index (κ1) is 16.8. The fraction of sp³-hybridized carbons (Fsp3) is 0.290. The quantitative estimate of drug-likeness (QED) is 0.273. The van der Waals surface area contributed by atoms with Gasteiger partial charge in [0.2, 0.25) is 0 Å². The lowest BCUT2D eigenvalue weighted by atomic mass is 10.0. The zero-order valence-electron chi connectivity index (χ0n) is 33.9. The summed E-state index contributed by atoms with van der Waals surface area (Å²) in [7, 11) is -5.55. The van der Waals surface area contributed by atoms with Crippen LogP contribution in [0.5, 0.6) is 5.75 Å². The maximum Gasteiger partial charge on any atom is 0.411 e. The molecule has 0 aliphatic heterocycles. The van der Waals surface area contributed by atoms with Crippen molar-refractivity contribution in [3.8, 4) is 5.75 Å². The Bertz CT molecular complexity index is 2210. The molecule has 1 heterocycles. The highest BCUT2D eigenvalue weighted by atomic mass is 32.2. The molecule has 0 atom stereocenters. The van der Waals surface area contributed by atoms with Crippen LogP contribution in [0.4, 0.5) is 10.5 Å². The molecule has 10 heteroatoms. The van der Waals surface area contributed by atoms with E-state index < -0.39 is 60.6 Å². The highest BCUT2D eigenvalue weighted by Crippen LogP contribution is 2.30. The van der Waals surface area contributed by atoms with Gasteiger partial charge in [-0.3, -0.25) is 10.1 Å². The standard InChI is InChI=1S/C31H33N3O6S/c1-20-8-4-7-11-29(20)41(37,38)33-30(35)22-13-12-21(28(17-22)39-3)16-23-19-34(2)27-15-14-24(18-26(23)27)32-31(36)40-25-9-5-6-10-25/h4,7-8,11-15,17-19,25H,5-6,9-10,16H2,1-3H3,(H,32,36)(H,33,35)/i3D3,5D2,6D2,9D2,10D2,25D. The van der Waals surface area contributed by atoms with E-state index in [4.69, 9.17) is 25.9 Å². The summed E-state index contributed by atoms with van der Waals surface area (Å²) in [6.07, 6.45) is -17.9. The lowest BCUT2D eigenvalue weighted by Crippen LogP contribution is -2.31. The predicted octanol–water partition coefficient (Wildman–Crippen LogP) is 5.70. The molecular formula is C31H33N3O6S. The van der Waals surface area contributed by atoms with Gasteiger partial charge in [0.05, 0.1) is 17.4 Å². The second kappa shape index (κ2) is 11.7. The van der Waals surface area contributed by atoms with Gasteiger partial charge in [0.15, 0.2) is 0 Å². The largest absolute Gasteiger partial charge is 0.496 e. The Labute approximate surface area is 256 Å². The number of nitrogens with one attached hydrogen (secondary N) is 2. The average molecular weight is 588 g/mol. The van der Waals surface area contributed by atoms with Crippen molar-refractivity contribution in [2.45, 2.75) is 49.8 Å². The first-order chi connectivity index (χ1) is 24.2. The van der Waals surface area contributed by atoms with Gasteiger partial charge < -0.3 is 14.0 Å². The van der Waals surface area contributed by atoms with Crippen molar-refractivity contribution in [2.24, 2.45) is 7.05 Å². The molecule has 0 spiro atoms. The number of hydrogen-bond donors (Lipinski definition) is 2. The minimum Gasteiger partial charge on any atom is -0.496 e. The van der Waals surface area contributed by atoms with E-state index in [0.717, 1.165) is 6.07 Å². The van der Waals surface area contributed by atoms with E-state index >= 15 is 0 Å². The molecule has 1 aliphatic rings. The van der Waals surface area contributed by atoms with Gasteiger partial charge in [0.25, 0.3) is 15.9 Å². The SMILES string of the molecule is [2H]C([2H])([2H])Oc1cc(C(=O)NS(=O)(=O)c2ccccc2C)ccc1Cc1cn(C)c2ccc(NC(=O)OC3([2H])C([2H])([2H])C([2H])([2H])C([2H])([2H])C3([2H])[2H])cc12. The molecule has 0 radical (unpaired) electrons. The summed E-state index contributed by atoms with van der Waals surface area (Å²) in [5.41, 5.74) is 1.61. The molecule has 0 saturated heterocycles. The molecule has 5 rings (SSSR count). The van der Waals surface area contributed by atoms with Gasteiger partial charge in [0.1, 0.15) is 11.8 Å². The van der Waals surface area contributed by atoms with Crippen LogP contribution in [0.15, 0.2) is 71.8 Å². The Morgan fingerprint density at radius 1 is 1.10 bits per heavy atom. The summed E-state index contributed by atoms with van der Waals surface area (Å²) >= 11 is 0. The lowest BCUT2D eigenvalue weighted by Gasteiger charge is -2.13. The molecule has 0 bridgehead atoms. The third kappa shape index (κ3) is 6.22. The molecular weight excluding hydrogens is 542 g/mol. The molecule has 3 aromatic carbocycles. The van der Waals surface area contributed by atoms with E-state index in [-0.39, 0.29) is 33.9 Å². The summed E-state index contributed by atoms with van der Waals surface area (Å²) in [6, 6.07) is 14.2. The summed E-state index contributed by atoms with van der Waals surface area (Å²) in [4.78, 5) is 25.9. The number of ether oxygens (including phenoxy) is 2. The Morgan fingerprint density at radius 2 is 1.88 bits per heavy atom. The lowest BCUT2D eigenvalue weighted by molar-refractivity contribution is 0.0980. The van der Waals surface area contributed by atoms with Crippen molar-refractivity contribution in [1.29, 1.82) is 0 Å². The van der Waals surface area contributed by atoms with Crippen molar-refractivity contribution < 1.29 is 43.9 Å². The Balaban J connectivity index is 1.43. The number of aryl methyl sites for hydroxylation is 2. The molecule has 2 amide bonds.